The number of aliphatic hydroxyl groups is 1. The predicted molar refractivity (Wildman–Crippen MR) is 62.4 cm³/mol. The first kappa shape index (κ1) is 11.5. The zero-order valence-corrected chi connectivity index (χ0v) is 10.1. The van der Waals surface area contributed by atoms with E-state index in [0.29, 0.717) is 28.6 Å². The number of hydrogen-bond donors (Lipinski definition) is 1. The molecule has 1 heterocycles. The number of rotatable bonds is 4. The van der Waals surface area contributed by atoms with E-state index in [1.165, 1.54) is 11.3 Å². The standard InChI is InChI=1S/C11H16N2O2S/c1-8-4-2-3-5-9(8)7-15-11-13-12-10(6-14)16-11/h2-3,8-9,14H,4-7H2,1H3. The fourth-order valence-electron chi connectivity index (χ4n) is 1.78. The van der Waals surface area contributed by atoms with Gasteiger partial charge in [0.25, 0.3) is 5.19 Å². The van der Waals surface area contributed by atoms with Crippen molar-refractivity contribution >= 4 is 11.3 Å². The SMILES string of the molecule is CC1CC=CCC1COc1nnc(CO)s1. The van der Waals surface area contributed by atoms with Crippen LogP contribution in [0.2, 0.25) is 0 Å². The minimum atomic E-state index is -0.0659. The second-order valence-electron chi connectivity index (χ2n) is 4.11. The lowest BCUT2D eigenvalue weighted by atomic mass is 9.85. The third kappa shape index (κ3) is 2.80. The Morgan fingerprint density at radius 1 is 1.44 bits per heavy atom. The molecular formula is C11H16N2O2S. The van der Waals surface area contributed by atoms with Crippen molar-refractivity contribution in [3.8, 4) is 5.19 Å². The minimum Gasteiger partial charge on any atom is -0.469 e. The molecule has 88 valence electrons. The number of nitrogens with zero attached hydrogens (tertiary/aromatic N) is 2. The van der Waals surface area contributed by atoms with Gasteiger partial charge in [-0.2, -0.15) is 0 Å². The van der Waals surface area contributed by atoms with Gasteiger partial charge in [0, 0.05) is 0 Å². The Morgan fingerprint density at radius 2 is 2.25 bits per heavy atom. The first-order valence-corrected chi connectivity index (χ1v) is 6.32. The van der Waals surface area contributed by atoms with Crippen molar-refractivity contribution in [2.24, 2.45) is 11.8 Å². The van der Waals surface area contributed by atoms with Crippen LogP contribution < -0.4 is 4.74 Å². The number of aliphatic hydroxyl groups excluding tert-OH is 1. The average molecular weight is 240 g/mol. The monoisotopic (exact) mass is 240 g/mol. The molecule has 1 aliphatic rings. The summed E-state index contributed by atoms with van der Waals surface area (Å²) < 4.78 is 5.60. The molecule has 5 heteroatoms. The Balaban J connectivity index is 1.84. The summed E-state index contributed by atoms with van der Waals surface area (Å²) in [4.78, 5) is 0. The molecule has 2 atom stereocenters. The Kier molecular flexibility index (Phi) is 3.90. The first-order chi connectivity index (χ1) is 7.79. The number of hydrogen-bond acceptors (Lipinski definition) is 5. The normalized spacial score (nSPS) is 24.6. The van der Waals surface area contributed by atoms with Crippen molar-refractivity contribution < 1.29 is 9.84 Å². The van der Waals surface area contributed by atoms with Gasteiger partial charge in [0.05, 0.1) is 13.2 Å². The van der Waals surface area contributed by atoms with Gasteiger partial charge in [-0.15, -0.1) is 5.10 Å². The number of allylic oxidation sites excluding steroid dienone is 2. The highest BCUT2D eigenvalue weighted by molar-refractivity contribution is 7.13. The van der Waals surface area contributed by atoms with Crippen molar-refractivity contribution in [3.05, 3.63) is 17.2 Å². The molecule has 2 rings (SSSR count). The molecule has 0 aliphatic heterocycles. The van der Waals surface area contributed by atoms with Crippen LogP contribution in [-0.4, -0.2) is 21.9 Å². The summed E-state index contributed by atoms with van der Waals surface area (Å²) in [7, 11) is 0. The Morgan fingerprint density at radius 3 is 2.94 bits per heavy atom. The Hall–Kier alpha value is -0.940. The van der Waals surface area contributed by atoms with Gasteiger partial charge in [-0.25, -0.2) is 0 Å². The van der Waals surface area contributed by atoms with Crippen molar-refractivity contribution in [2.45, 2.75) is 26.4 Å². The lowest BCUT2D eigenvalue weighted by Crippen LogP contribution is -2.21. The number of ether oxygens (including phenoxy) is 1. The molecule has 2 unspecified atom stereocenters. The zero-order chi connectivity index (χ0) is 11.4. The second-order valence-corrected chi connectivity index (χ2v) is 5.14. The fourth-order valence-corrected chi connectivity index (χ4v) is 2.33. The maximum atomic E-state index is 8.85. The molecule has 0 amide bonds. The van der Waals surface area contributed by atoms with E-state index >= 15 is 0 Å². The van der Waals surface area contributed by atoms with E-state index in [0.717, 1.165) is 12.8 Å². The molecule has 1 aliphatic carbocycles. The molecule has 0 aromatic carbocycles. The van der Waals surface area contributed by atoms with Gasteiger partial charge in [0.15, 0.2) is 0 Å². The van der Waals surface area contributed by atoms with E-state index in [2.05, 4.69) is 29.3 Å². The van der Waals surface area contributed by atoms with E-state index in [-0.39, 0.29) is 6.61 Å². The van der Waals surface area contributed by atoms with Gasteiger partial charge < -0.3 is 9.84 Å². The number of aromatic nitrogens is 2. The lowest BCUT2D eigenvalue weighted by molar-refractivity contribution is 0.197. The van der Waals surface area contributed by atoms with Gasteiger partial charge in [0.2, 0.25) is 0 Å². The van der Waals surface area contributed by atoms with Crippen molar-refractivity contribution in [1.29, 1.82) is 0 Å². The molecule has 0 saturated heterocycles. The molecule has 0 saturated carbocycles. The second kappa shape index (κ2) is 5.41. The van der Waals surface area contributed by atoms with E-state index in [4.69, 9.17) is 9.84 Å². The molecule has 1 aromatic rings. The molecule has 0 fully saturated rings. The third-order valence-electron chi connectivity index (χ3n) is 2.92. The van der Waals surface area contributed by atoms with Gasteiger partial charge in [-0.05, 0) is 24.7 Å². The molecule has 1 N–H and O–H groups in total. The van der Waals surface area contributed by atoms with Gasteiger partial charge >= 0.3 is 0 Å². The van der Waals surface area contributed by atoms with Crippen LogP contribution in [0.1, 0.15) is 24.8 Å². The van der Waals surface area contributed by atoms with Crippen LogP contribution in [0.3, 0.4) is 0 Å². The van der Waals surface area contributed by atoms with Crippen LogP contribution >= 0.6 is 11.3 Å². The largest absolute Gasteiger partial charge is 0.469 e. The molecule has 0 spiro atoms. The van der Waals surface area contributed by atoms with E-state index < -0.39 is 0 Å². The molecule has 4 nitrogen and oxygen atoms in total. The maximum absolute atomic E-state index is 8.85. The summed E-state index contributed by atoms with van der Waals surface area (Å²) in [6.07, 6.45) is 6.65. The third-order valence-corrected chi connectivity index (χ3v) is 3.74. The average Bonchev–Trinajstić information content (AvgIpc) is 2.76. The Bertz CT molecular complexity index is 365. The van der Waals surface area contributed by atoms with E-state index in [9.17, 15) is 0 Å². The van der Waals surface area contributed by atoms with Crippen molar-refractivity contribution in [2.75, 3.05) is 6.61 Å². The molecule has 1 aromatic heterocycles. The first-order valence-electron chi connectivity index (χ1n) is 5.50. The highest BCUT2D eigenvalue weighted by Crippen LogP contribution is 2.26. The summed E-state index contributed by atoms with van der Waals surface area (Å²) in [6.45, 7) is 2.87. The smallest absolute Gasteiger partial charge is 0.294 e. The van der Waals surface area contributed by atoms with Crippen molar-refractivity contribution in [1.82, 2.24) is 10.2 Å². The van der Waals surface area contributed by atoms with Crippen molar-refractivity contribution in [3.63, 3.8) is 0 Å². The maximum Gasteiger partial charge on any atom is 0.294 e. The van der Waals surface area contributed by atoms with Crippen LogP contribution in [-0.2, 0) is 6.61 Å². The molecular weight excluding hydrogens is 224 g/mol. The highest BCUT2D eigenvalue weighted by atomic mass is 32.1. The predicted octanol–water partition coefficient (Wildman–Crippen LogP) is 2.01. The fraction of sp³-hybridized carbons (Fsp3) is 0.636. The minimum absolute atomic E-state index is 0.0659. The summed E-state index contributed by atoms with van der Waals surface area (Å²) in [5, 5.41) is 17.7. The van der Waals surface area contributed by atoms with Crippen LogP contribution in [0.5, 0.6) is 5.19 Å². The van der Waals surface area contributed by atoms with Crippen LogP contribution in [0.25, 0.3) is 0 Å². The lowest BCUT2D eigenvalue weighted by Gasteiger charge is -2.24. The summed E-state index contributed by atoms with van der Waals surface area (Å²) >= 11 is 1.31. The summed E-state index contributed by atoms with van der Waals surface area (Å²) in [5.41, 5.74) is 0. The quantitative estimate of drug-likeness (QED) is 0.818. The van der Waals surface area contributed by atoms with Gasteiger partial charge in [0.1, 0.15) is 5.01 Å². The molecule has 16 heavy (non-hydrogen) atoms. The van der Waals surface area contributed by atoms with Crippen LogP contribution in [0.4, 0.5) is 0 Å². The molecule has 0 bridgehead atoms. The Labute approximate surface area is 99.0 Å². The molecule has 0 radical (unpaired) electrons. The van der Waals surface area contributed by atoms with Gasteiger partial charge in [-0.1, -0.05) is 35.5 Å². The van der Waals surface area contributed by atoms with Crippen LogP contribution in [0, 0.1) is 11.8 Å². The van der Waals surface area contributed by atoms with E-state index in [1.807, 2.05) is 0 Å². The topological polar surface area (TPSA) is 55.2 Å². The summed E-state index contributed by atoms with van der Waals surface area (Å²) in [6, 6.07) is 0. The van der Waals surface area contributed by atoms with Gasteiger partial charge in [-0.3, -0.25) is 0 Å². The van der Waals surface area contributed by atoms with Crippen LogP contribution in [0.15, 0.2) is 12.2 Å². The summed E-state index contributed by atoms with van der Waals surface area (Å²) in [5.74, 6) is 1.22. The van der Waals surface area contributed by atoms with E-state index in [1.54, 1.807) is 0 Å². The zero-order valence-electron chi connectivity index (χ0n) is 9.30. The highest BCUT2D eigenvalue weighted by Gasteiger charge is 2.19.